The molecule has 1 aliphatic carbocycles. The number of nitrogens with zero attached hydrogens (tertiary/aromatic N) is 2. The molecule has 1 N–H and O–H groups in total. The van der Waals surface area contributed by atoms with Gasteiger partial charge in [0.2, 0.25) is 0 Å². The van der Waals surface area contributed by atoms with E-state index in [0.29, 0.717) is 21.8 Å². The van der Waals surface area contributed by atoms with Gasteiger partial charge in [-0.15, -0.1) is 0 Å². The van der Waals surface area contributed by atoms with Gasteiger partial charge < -0.3 is 5.32 Å². The summed E-state index contributed by atoms with van der Waals surface area (Å²) in [6.07, 6.45) is 8.00. The molecule has 1 fully saturated rings. The van der Waals surface area contributed by atoms with Gasteiger partial charge in [0.25, 0.3) is 5.91 Å². The zero-order chi connectivity index (χ0) is 14.7. The third-order valence-electron chi connectivity index (χ3n) is 4.07. The molecule has 0 bridgehead atoms. The van der Waals surface area contributed by atoms with Crippen LogP contribution in [-0.2, 0) is 0 Å². The van der Waals surface area contributed by atoms with Crippen LogP contribution in [0.2, 0.25) is 0 Å². The van der Waals surface area contributed by atoms with Crippen molar-refractivity contribution >= 4 is 32.9 Å². The molecule has 1 aliphatic rings. The fourth-order valence-corrected chi connectivity index (χ4v) is 3.36. The van der Waals surface area contributed by atoms with Crippen LogP contribution in [-0.4, -0.2) is 27.2 Å². The molecular formula is C16H18BrN3O. The minimum atomic E-state index is -0.0536. The number of benzene rings is 1. The molecule has 1 saturated carbocycles. The van der Waals surface area contributed by atoms with Gasteiger partial charge in [-0.1, -0.05) is 22.0 Å². The fourth-order valence-electron chi connectivity index (χ4n) is 2.83. The van der Waals surface area contributed by atoms with Crippen LogP contribution >= 0.6 is 15.9 Å². The van der Waals surface area contributed by atoms with Crippen molar-refractivity contribution in [1.82, 2.24) is 15.3 Å². The van der Waals surface area contributed by atoms with Gasteiger partial charge in [-0.05, 0) is 43.7 Å². The Balaban J connectivity index is 1.67. The first-order valence-corrected chi connectivity index (χ1v) is 8.27. The maximum absolute atomic E-state index is 12.4. The van der Waals surface area contributed by atoms with Crippen molar-refractivity contribution < 1.29 is 4.79 Å². The standard InChI is InChI=1S/C16H18BrN3O/c17-12-6-4-11(5-7-12)10-20-16(21)13-2-1-3-14-15(13)19-9-8-18-14/h1-3,8-9,11-12H,4-7,10H2,(H,20,21). The van der Waals surface area contributed by atoms with Crippen molar-refractivity contribution in [2.45, 2.75) is 30.5 Å². The molecule has 0 atom stereocenters. The van der Waals surface area contributed by atoms with Crippen molar-refractivity contribution in [3.8, 4) is 0 Å². The van der Waals surface area contributed by atoms with E-state index in [0.717, 1.165) is 12.1 Å². The Morgan fingerprint density at radius 3 is 2.76 bits per heavy atom. The minimum Gasteiger partial charge on any atom is -0.352 e. The summed E-state index contributed by atoms with van der Waals surface area (Å²) in [5, 5.41) is 3.05. The Kier molecular flexibility index (Phi) is 4.48. The summed E-state index contributed by atoms with van der Waals surface area (Å²) in [6, 6.07) is 5.53. The number of carbonyl (C=O) groups excluding carboxylic acids is 1. The number of amides is 1. The van der Waals surface area contributed by atoms with E-state index < -0.39 is 0 Å². The first-order valence-electron chi connectivity index (χ1n) is 7.36. The van der Waals surface area contributed by atoms with E-state index in [1.807, 2.05) is 18.2 Å². The molecule has 0 unspecified atom stereocenters. The van der Waals surface area contributed by atoms with Crippen LogP contribution in [0.4, 0.5) is 0 Å². The maximum Gasteiger partial charge on any atom is 0.253 e. The summed E-state index contributed by atoms with van der Waals surface area (Å²) >= 11 is 3.66. The molecule has 110 valence electrons. The second kappa shape index (κ2) is 6.52. The van der Waals surface area contributed by atoms with Gasteiger partial charge in [-0.3, -0.25) is 14.8 Å². The molecule has 1 heterocycles. The summed E-state index contributed by atoms with van der Waals surface area (Å²) in [5.41, 5.74) is 2.03. The first kappa shape index (κ1) is 14.4. The van der Waals surface area contributed by atoms with E-state index in [2.05, 4.69) is 31.2 Å². The third-order valence-corrected chi connectivity index (χ3v) is 4.99. The predicted molar refractivity (Wildman–Crippen MR) is 86.5 cm³/mol. The summed E-state index contributed by atoms with van der Waals surface area (Å²) in [5.74, 6) is 0.533. The normalized spacial score (nSPS) is 22.1. The Morgan fingerprint density at radius 1 is 1.19 bits per heavy atom. The molecule has 1 aromatic heterocycles. The van der Waals surface area contributed by atoms with E-state index >= 15 is 0 Å². The highest BCUT2D eigenvalue weighted by molar-refractivity contribution is 9.09. The number of para-hydroxylation sites is 1. The van der Waals surface area contributed by atoms with Gasteiger partial charge in [0.1, 0.15) is 5.52 Å². The van der Waals surface area contributed by atoms with Crippen molar-refractivity contribution in [2.75, 3.05) is 6.54 Å². The molecular weight excluding hydrogens is 330 g/mol. The number of nitrogens with one attached hydrogen (secondary N) is 1. The summed E-state index contributed by atoms with van der Waals surface area (Å²) in [4.78, 5) is 21.5. The Labute approximate surface area is 132 Å². The van der Waals surface area contributed by atoms with E-state index in [4.69, 9.17) is 0 Å². The van der Waals surface area contributed by atoms with Gasteiger partial charge in [-0.25, -0.2) is 0 Å². The molecule has 3 rings (SSSR count). The molecule has 2 aromatic rings. The second-order valence-electron chi connectivity index (χ2n) is 5.56. The van der Waals surface area contributed by atoms with Crippen molar-refractivity contribution in [3.63, 3.8) is 0 Å². The maximum atomic E-state index is 12.4. The number of halogens is 1. The highest BCUT2D eigenvalue weighted by Crippen LogP contribution is 2.28. The molecule has 0 saturated heterocycles. The smallest absolute Gasteiger partial charge is 0.253 e. The summed E-state index contributed by atoms with van der Waals surface area (Å²) in [7, 11) is 0. The van der Waals surface area contributed by atoms with E-state index in [-0.39, 0.29) is 5.91 Å². The number of hydrogen-bond donors (Lipinski definition) is 1. The van der Waals surface area contributed by atoms with Crippen LogP contribution in [0.5, 0.6) is 0 Å². The molecule has 0 radical (unpaired) electrons. The number of carbonyl (C=O) groups is 1. The zero-order valence-corrected chi connectivity index (χ0v) is 13.3. The number of aromatic nitrogens is 2. The van der Waals surface area contributed by atoms with Crippen LogP contribution in [0.3, 0.4) is 0 Å². The van der Waals surface area contributed by atoms with Crippen LogP contribution in [0.1, 0.15) is 36.0 Å². The lowest BCUT2D eigenvalue weighted by atomic mass is 9.89. The quantitative estimate of drug-likeness (QED) is 0.866. The minimum absolute atomic E-state index is 0.0536. The van der Waals surface area contributed by atoms with Gasteiger partial charge in [0.05, 0.1) is 11.1 Å². The van der Waals surface area contributed by atoms with Crippen molar-refractivity contribution in [3.05, 3.63) is 36.2 Å². The summed E-state index contributed by atoms with van der Waals surface area (Å²) in [6.45, 7) is 0.745. The van der Waals surface area contributed by atoms with Crippen molar-refractivity contribution in [2.24, 2.45) is 5.92 Å². The number of rotatable bonds is 3. The Bertz CT molecular complexity index is 633. The lowest BCUT2D eigenvalue weighted by Crippen LogP contribution is -2.31. The van der Waals surface area contributed by atoms with Crippen LogP contribution in [0.15, 0.2) is 30.6 Å². The van der Waals surface area contributed by atoms with Gasteiger partial charge in [-0.2, -0.15) is 0 Å². The average Bonchev–Trinajstić information content (AvgIpc) is 2.53. The molecule has 1 aromatic carbocycles. The van der Waals surface area contributed by atoms with E-state index in [1.165, 1.54) is 25.7 Å². The SMILES string of the molecule is O=C(NCC1CCC(Br)CC1)c1cccc2nccnc12. The molecule has 0 aliphatic heterocycles. The highest BCUT2D eigenvalue weighted by Gasteiger charge is 2.20. The van der Waals surface area contributed by atoms with Crippen LogP contribution in [0, 0.1) is 5.92 Å². The fraction of sp³-hybridized carbons (Fsp3) is 0.438. The number of fused-ring (bicyclic) bond motifs is 1. The van der Waals surface area contributed by atoms with E-state index in [9.17, 15) is 4.79 Å². The molecule has 4 nitrogen and oxygen atoms in total. The Morgan fingerprint density at radius 2 is 1.95 bits per heavy atom. The lowest BCUT2D eigenvalue weighted by Gasteiger charge is -2.25. The van der Waals surface area contributed by atoms with Gasteiger partial charge >= 0.3 is 0 Å². The molecule has 1 amide bonds. The van der Waals surface area contributed by atoms with Crippen LogP contribution in [0.25, 0.3) is 11.0 Å². The van der Waals surface area contributed by atoms with Gasteiger partial charge in [0.15, 0.2) is 0 Å². The molecule has 21 heavy (non-hydrogen) atoms. The summed E-state index contributed by atoms with van der Waals surface area (Å²) < 4.78 is 0. The Hall–Kier alpha value is -1.49. The zero-order valence-electron chi connectivity index (χ0n) is 11.8. The van der Waals surface area contributed by atoms with E-state index in [1.54, 1.807) is 12.4 Å². The molecule has 0 spiro atoms. The largest absolute Gasteiger partial charge is 0.352 e. The monoisotopic (exact) mass is 347 g/mol. The number of hydrogen-bond acceptors (Lipinski definition) is 3. The highest BCUT2D eigenvalue weighted by atomic mass is 79.9. The third kappa shape index (κ3) is 3.40. The lowest BCUT2D eigenvalue weighted by molar-refractivity contribution is 0.0945. The number of alkyl halides is 1. The van der Waals surface area contributed by atoms with Crippen LogP contribution < -0.4 is 5.32 Å². The molecule has 5 heteroatoms. The van der Waals surface area contributed by atoms with Gasteiger partial charge in [0, 0.05) is 23.8 Å². The predicted octanol–water partition coefficient (Wildman–Crippen LogP) is 3.31. The topological polar surface area (TPSA) is 54.9 Å². The second-order valence-corrected chi connectivity index (χ2v) is 6.85. The average molecular weight is 348 g/mol. The first-order chi connectivity index (χ1) is 10.2. The van der Waals surface area contributed by atoms with Crippen molar-refractivity contribution in [1.29, 1.82) is 0 Å².